The van der Waals surface area contributed by atoms with Gasteiger partial charge in [0.2, 0.25) is 0 Å². The number of morpholine rings is 1. The molecule has 0 N–H and O–H groups in total. The summed E-state index contributed by atoms with van der Waals surface area (Å²) in [5.41, 5.74) is 9.55. The standard InChI is InChI=1S/C29H35N5O3S/c1-7-33-19(3)27(18(2)30-33)21-12-22-26(13-25(21)35-6)37-15-23-24(14-32-9-10-36-17-29(32,4)5)31-34(28(22)23)20-8-11-38-16-20/h8,11-13,16H,7,9-10,14-15,17H2,1-6H3. The van der Waals surface area contributed by atoms with Crippen molar-refractivity contribution < 1.29 is 14.2 Å². The van der Waals surface area contributed by atoms with Gasteiger partial charge < -0.3 is 14.2 Å². The molecule has 0 radical (unpaired) electrons. The second-order valence-electron chi connectivity index (χ2n) is 10.7. The molecule has 0 atom stereocenters. The molecule has 0 saturated carbocycles. The monoisotopic (exact) mass is 533 g/mol. The summed E-state index contributed by atoms with van der Waals surface area (Å²) in [4.78, 5) is 2.47. The molecule has 0 unspecified atom stereocenters. The van der Waals surface area contributed by atoms with Gasteiger partial charge in [0.1, 0.15) is 18.1 Å². The van der Waals surface area contributed by atoms with Crippen LogP contribution in [0.2, 0.25) is 0 Å². The molecule has 38 heavy (non-hydrogen) atoms. The van der Waals surface area contributed by atoms with Crippen LogP contribution in [0.1, 0.15) is 43.4 Å². The smallest absolute Gasteiger partial charge is 0.132 e. The topological polar surface area (TPSA) is 66.6 Å². The van der Waals surface area contributed by atoms with Gasteiger partial charge in [-0.2, -0.15) is 21.5 Å². The lowest BCUT2D eigenvalue weighted by Gasteiger charge is -2.41. The fourth-order valence-electron chi connectivity index (χ4n) is 5.75. The van der Waals surface area contributed by atoms with E-state index in [0.29, 0.717) is 13.2 Å². The van der Waals surface area contributed by atoms with Crippen LogP contribution < -0.4 is 9.47 Å². The molecular formula is C29H35N5O3S. The zero-order valence-electron chi connectivity index (χ0n) is 23.0. The minimum Gasteiger partial charge on any atom is -0.496 e. The van der Waals surface area contributed by atoms with Gasteiger partial charge in [0.25, 0.3) is 0 Å². The predicted octanol–water partition coefficient (Wildman–Crippen LogP) is 5.61. The minimum atomic E-state index is -0.0558. The van der Waals surface area contributed by atoms with E-state index in [1.54, 1.807) is 18.4 Å². The first-order chi connectivity index (χ1) is 18.3. The number of rotatable bonds is 6. The summed E-state index contributed by atoms with van der Waals surface area (Å²) < 4.78 is 22.2. The quantitative estimate of drug-likeness (QED) is 0.321. The number of methoxy groups -OCH3 is 1. The van der Waals surface area contributed by atoms with Crippen molar-refractivity contribution in [3.8, 4) is 39.6 Å². The Morgan fingerprint density at radius 3 is 2.68 bits per heavy atom. The lowest BCUT2D eigenvalue weighted by atomic mass is 9.94. The number of aromatic nitrogens is 4. The largest absolute Gasteiger partial charge is 0.496 e. The second kappa shape index (κ2) is 9.55. The summed E-state index contributed by atoms with van der Waals surface area (Å²) in [7, 11) is 1.71. The molecule has 200 valence electrons. The summed E-state index contributed by atoms with van der Waals surface area (Å²) in [6, 6.07) is 6.35. The first kappa shape index (κ1) is 25.2. The number of fused-ring (bicyclic) bond motifs is 3. The molecule has 2 aliphatic rings. The Morgan fingerprint density at radius 1 is 1.16 bits per heavy atom. The third-order valence-electron chi connectivity index (χ3n) is 7.85. The van der Waals surface area contributed by atoms with E-state index in [1.807, 2.05) is 10.7 Å². The van der Waals surface area contributed by atoms with Crippen LogP contribution in [0, 0.1) is 13.8 Å². The second-order valence-corrected chi connectivity index (χ2v) is 11.4. The number of nitrogens with zero attached hydrogens (tertiary/aromatic N) is 5. The third-order valence-corrected chi connectivity index (χ3v) is 8.52. The number of aryl methyl sites for hydroxylation is 2. The Bertz CT molecular complexity index is 1480. The van der Waals surface area contributed by atoms with Crippen molar-refractivity contribution >= 4 is 11.3 Å². The highest BCUT2D eigenvalue weighted by molar-refractivity contribution is 7.08. The van der Waals surface area contributed by atoms with Gasteiger partial charge in [-0.25, -0.2) is 4.68 Å². The predicted molar refractivity (Wildman–Crippen MR) is 149 cm³/mol. The zero-order valence-corrected chi connectivity index (χ0v) is 23.8. The summed E-state index contributed by atoms with van der Waals surface area (Å²) >= 11 is 1.68. The van der Waals surface area contributed by atoms with E-state index < -0.39 is 0 Å². The Labute approximate surface area is 227 Å². The fraction of sp³-hybridized carbons (Fsp3) is 0.448. The summed E-state index contributed by atoms with van der Waals surface area (Å²) in [6.45, 7) is 15.1. The summed E-state index contributed by atoms with van der Waals surface area (Å²) in [5.74, 6) is 1.59. The van der Waals surface area contributed by atoms with Crippen molar-refractivity contribution in [1.29, 1.82) is 0 Å². The van der Waals surface area contributed by atoms with E-state index in [9.17, 15) is 0 Å². The fourth-order valence-corrected chi connectivity index (χ4v) is 6.37. The van der Waals surface area contributed by atoms with Crippen LogP contribution in [0.15, 0.2) is 29.0 Å². The molecule has 1 saturated heterocycles. The Morgan fingerprint density at radius 2 is 2.00 bits per heavy atom. The van der Waals surface area contributed by atoms with Crippen molar-refractivity contribution in [3.63, 3.8) is 0 Å². The van der Waals surface area contributed by atoms with E-state index in [-0.39, 0.29) is 5.54 Å². The van der Waals surface area contributed by atoms with Crippen LogP contribution in [0.25, 0.3) is 28.1 Å². The van der Waals surface area contributed by atoms with Crippen molar-refractivity contribution in [1.82, 2.24) is 24.5 Å². The van der Waals surface area contributed by atoms with Crippen LogP contribution in [0.5, 0.6) is 11.5 Å². The molecule has 9 heteroatoms. The maximum absolute atomic E-state index is 6.39. The molecular weight excluding hydrogens is 498 g/mol. The van der Waals surface area contributed by atoms with E-state index in [2.05, 4.69) is 67.1 Å². The van der Waals surface area contributed by atoms with Gasteiger partial charge in [-0.05, 0) is 52.1 Å². The van der Waals surface area contributed by atoms with Crippen LogP contribution in [0.3, 0.4) is 0 Å². The van der Waals surface area contributed by atoms with Crippen LogP contribution in [-0.2, 0) is 24.4 Å². The van der Waals surface area contributed by atoms with Crippen LogP contribution >= 0.6 is 11.3 Å². The van der Waals surface area contributed by atoms with Crippen molar-refractivity contribution in [3.05, 3.63) is 51.6 Å². The molecule has 5 heterocycles. The lowest BCUT2D eigenvalue weighted by Crippen LogP contribution is -2.52. The summed E-state index contributed by atoms with van der Waals surface area (Å²) in [6.07, 6.45) is 0. The Hall–Kier alpha value is -3.14. The van der Waals surface area contributed by atoms with E-state index >= 15 is 0 Å². The molecule has 8 nitrogen and oxygen atoms in total. The molecule has 0 spiro atoms. The minimum absolute atomic E-state index is 0.0558. The molecule has 0 amide bonds. The SMILES string of the molecule is CCn1nc(C)c(-c2cc3c(cc2OC)OCc2c(CN4CCOCC4(C)C)nn(-c4ccsc4)c2-3)c1C. The average Bonchev–Trinajstić information content (AvgIpc) is 3.62. The molecule has 3 aromatic heterocycles. The van der Waals surface area contributed by atoms with E-state index in [1.165, 1.54) is 0 Å². The van der Waals surface area contributed by atoms with Crippen molar-refractivity contribution in [2.24, 2.45) is 0 Å². The molecule has 0 bridgehead atoms. The van der Waals surface area contributed by atoms with Crippen molar-refractivity contribution in [2.45, 2.75) is 59.9 Å². The lowest BCUT2D eigenvalue weighted by molar-refractivity contribution is -0.0559. The Balaban J connectivity index is 1.54. The van der Waals surface area contributed by atoms with Gasteiger partial charge in [0, 0.05) is 64.6 Å². The van der Waals surface area contributed by atoms with Crippen LogP contribution in [0.4, 0.5) is 0 Å². The Kier molecular flexibility index (Phi) is 6.32. The maximum atomic E-state index is 6.39. The number of hydrogen-bond acceptors (Lipinski definition) is 7. The first-order valence-electron chi connectivity index (χ1n) is 13.2. The number of ether oxygens (including phenoxy) is 3. The highest BCUT2D eigenvalue weighted by atomic mass is 32.1. The van der Waals surface area contributed by atoms with E-state index in [0.717, 1.165) is 88.5 Å². The average molecular weight is 534 g/mol. The van der Waals surface area contributed by atoms with Gasteiger partial charge in [-0.1, -0.05) is 0 Å². The molecule has 1 fully saturated rings. The molecule has 4 aromatic rings. The number of thiophene rings is 1. The zero-order chi connectivity index (χ0) is 26.6. The molecule has 6 rings (SSSR count). The van der Waals surface area contributed by atoms with Gasteiger partial charge in [-0.3, -0.25) is 9.58 Å². The third kappa shape index (κ3) is 4.04. The number of benzene rings is 1. The molecule has 1 aromatic carbocycles. The first-order valence-corrected chi connectivity index (χ1v) is 14.1. The highest BCUT2D eigenvalue weighted by Gasteiger charge is 2.35. The van der Waals surface area contributed by atoms with Gasteiger partial charge in [0.15, 0.2) is 0 Å². The normalized spacial score (nSPS) is 16.7. The highest BCUT2D eigenvalue weighted by Crippen LogP contribution is 2.47. The molecule has 2 aliphatic heterocycles. The summed E-state index contributed by atoms with van der Waals surface area (Å²) in [5, 5.41) is 14.2. The maximum Gasteiger partial charge on any atom is 0.132 e. The van der Waals surface area contributed by atoms with Gasteiger partial charge in [0.05, 0.1) is 43.1 Å². The van der Waals surface area contributed by atoms with E-state index in [4.69, 9.17) is 24.4 Å². The van der Waals surface area contributed by atoms with Gasteiger partial charge >= 0.3 is 0 Å². The van der Waals surface area contributed by atoms with Crippen LogP contribution in [-0.4, -0.2) is 56.9 Å². The molecule has 0 aliphatic carbocycles. The van der Waals surface area contributed by atoms with Gasteiger partial charge in [-0.15, -0.1) is 0 Å². The van der Waals surface area contributed by atoms with Crippen molar-refractivity contribution in [2.75, 3.05) is 26.9 Å². The number of hydrogen-bond donors (Lipinski definition) is 0.